The molecular weight excluding hydrogens is 741 g/mol. The maximum atomic E-state index is 13.6. The minimum atomic E-state index is -5.04. The number of imidazole rings is 1. The number of hydrogen-bond acceptors (Lipinski definition) is 8. The lowest BCUT2D eigenvalue weighted by Gasteiger charge is -2.38. The zero-order valence-corrected chi connectivity index (χ0v) is 31.1. The topological polar surface area (TPSA) is 153 Å². The summed E-state index contributed by atoms with van der Waals surface area (Å²) in [7, 11) is 0. The monoisotopic (exact) mass is 780 g/mol. The number of piperazine rings is 1. The van der Waals surface area contributed by atoms with E-state index >= 15 is 0 Å². The van der Waals surface area contributed by atoms with Crippen molar-refractivity contribution >= 4 is 47.2 Å². The lowest BCUT2D eigenvalue weighted by atomic mass is 9.94. The number of anilines is 2. The summed E-state index contributed by atoms with van der Waals surface area (Å²) in [6, 6.07) is 11.9. The van der Waals surface area contributed by atoms with Crippen LogP contribution in [0.1, 0.15) is 55.8 Å². The van der Waals surface area contributed by atoms with E-state index in [1.54, 1.807) is 47.5 Å². The van der Waals surface area contributed by atoms with Crippen molar-refractivity contribution in [2.45, 2.75) is 46.0 Å². The summed E-state index contributed by atoms with van der Waals surface area (Å²) < 4.78 is 45.3. The Balaban J connectivity index is 1.15. The predicted molar refractivity (Wildman–Crippen MR) is 199 cm³/mol. The molecule has 290 valence electrons. The van der Waals surface area contributed by atoms with Gasteiger partial charge >= 0.3 is 6.36 Å². The zero-order valence-electron chi connectivity index (χ0n) is 30.4. The number of ether oxygens (including phenoxy) is 1. The third-order valence-electron chi connectivity index (χ3n) is 9.41. The summed E-state index contributed by atoms with van der Waals surface area (Å²) in [6.07, 6.45) is -0.112. The van der Waals surface area contributed by atoms with Gasteiger partial charge in [0.1, 0.15) is 17.4 Å². The molecule has 2 aromatic carbocycles. The van der Waals surface area contributed by atoms with Gasteiger partial charge in [-0.3, -0.25) is 19.2 Å². The Bertz CT molecular complexity index is 2040. The average molecular weight is 781 g/mol. The van der Waals surface area contributed by atoms with Crippen LogP contribution in [0.2, 0.25) is 5.02 Å². The highest BCUT2D eigenvalue weighted by atomic mass is 35.5. The van der Waals surface area contributed by atoms with Gasteiger partial charge in [-0.25, -0.2) is 9.97 Å². The quantitative estimate of drug-likeness (QED) is 0.165. The third kappa shape index (κ3) is 9.19. The van der Waals surface area contributed by atoms with Crippen LogP contribution in [0, 0.1) is 5.41 Å². The number of halogens is 4. The number of aromatic amines is 1. The molecule has 2 saturated heterocycles. The summed E-state index contributed by atoms with van der Waals surface area (Å²) in [5.74, 6) is -0.150. The van der Waals surface area contributed by atoms with Crippen molar-refractivity contribution in [1.82, 2.24) is 30.1 Å². The molecule has 1 atom stereocenters. The molecule has 2 aliphatic heterocycles. The number of nitrogens with zero attached hydrogens (tertiary/aromatic N) is 5. The van der Waals surface area contributed by atoms with E-state index in [1.807, 2.05) is 30.6 Å². The first-order chi connectivity index (χ1) is 26.1. The largest absolute Gasteiger partial charge is 0.573 e. The van der Waals surface area contributed by atoms with Crippen LogP contribution in [0.5, 0.6) is 5.75 Å². The summed E-state index contributed by atoms with van der Waals surface area (Å²) in [4.78, 5) is 66.7. The molecule has 0 aliphatic carbocycles. The molecule has 4 amide bonds. The van der Waals surface area contributed by atoms with Crippen LogP contribution in [0.3, 0.4) is 0 Å². The molecule has 4 heterocycles. The van der Waals surface area contributed by atoms with Gasteiger partial charge in [0.2, 0.25) is 18.2 Å². The number of alkyl halides is 3. The highest BCUT2D eigenvalue weighted by Gasteiger charge is 2.34. The van der Waals surface area contributed by atoms with Crippen molar-refractivity contribution in [2.75, 3.05) is 49.5 Å². The number of hydrogen-bond donors (Lipinski definition) is 3. The van der Waals surface area contributed by atoms with E-state index in [4.69, 9.17) is 11.6 Å². The Kier molecular flexibility index (Phi) is 11.4. The van der Waals surface area contributed by atoms with Gasteiger partial charge in [-0.1, -0.05) is 56.6 Å². The van der Waals surface area contributed by atoms with Gasteiger partial charge in [0.25, 0.3) is 5.91 Å². The second-order valence-electron chi connectivity index (χ2n) is 14.3. The molecular formula is C38H40ClF3N8O5. The van der Waals surface area contributed by atoms with Crippen LogP contribution < -0.4 is 20.3 Å². The molecule has 17 heteroatoms. The highest BCUT2D eigenvalue weighted by Crippen LogP contribution is 2.41. The number of rotatable bonds is 10. The lowest BCUT2D eigenvalue weighted by Crippen LogP contribution is -2.51. The van der Waals surface area contributed by atoms with Crippen molar-refractivity contribution in [3.8, 4) is 28.1 Å². The molecule has 0 saturated carbocycles. The minimum absolute atomic E-state index is 0.0218. The van der Waals surface area contributed by atoms with Gasteiger partial charge < -0.3 is 35.1 Å². The van der Waals surface area contributed by atoms with E-state index in [1.165, 1.54) is 12.3 Å². The molecule has 55 heavy (non-hydrogen) atoms. The fourth-order valence-electron chi connectivity index (χ4n) is 6.66. The fraction of sp³-hybridized carbons (Fsp3) is 0.368. The molecule has 2 aromatic heterocycles. The summed E-state index contributed by atoms with van der Waals surface area (Å²) in [5.41, 5.74) is 1.31. The number of amides is 4. The third-order valence-corrected chi connectivity index (χ3v) is 9.73. The van der Waals surface area contributed by atoms with E-state index in [2.05, 4.69) is 30.3 Å². The zero-order chi connectivity index (χ0) is 39.5. The molecule has 2 fully saturated rings. The molecule has 0 radical (unpaired) electrons. The molecule has 0 spiro atoms. The number of carbonyl (C=O) groups excluding carboxylic acids is 4. The fourth-order valence-corrected chi connectivity index (χ4v) is 6.87. The van der Waals surface area contributed by atoms with Gasteiger partial charge in [0.15, 0.2) is 0 Å². The Morgan fingerprint density at radius 1 is 0.964 bits per heavy atom. The summed E-state index contributed by atoms with van der Waals surface area (Å²) in [6.45, 7) is 8.30. The smallest absolute Gasteiger partial charge is 0.405 e. The number of likely N-dealkylation sites (tertiary alicyclic amines) is 1. The molecule has 6 rings (SSSR count). The summed E-state index contributed by atoms with van der Waals surface area (Å²) in [5, 5.41) is 4.94. The van der Waals surface area contributed by atoms with E-state index in [-0.39, 0.29) is 46.2 Å². The first kappa shape index (κ1) is 39.1. The van der Waals surface area contributed by atoms with Crippen LogP contribution >= 0.6 is 11.6 Å². The van der Waals surface area contributed by atoms with E-state index in [0.29, 0.717) is 74.0 Å². The molecule has 2 aliphatic rings. The Hall–Kier alpha value is -5.64. The number of H-pyrrole nitrogens is 1. The standard InChI is InChI=1S/C38H40ClF3N8O5/c1-37(2,3)36(54)49-15-13-48(14-16-49)32-11-10-25(19-44-32)35(53)47-28-18-31(55-38(40,41)42)26(17-27(28)39)23-6-8-24(9-7-23)29-20-45-34(46-29)30-5-4-12-50(30)33(52)21-43-22-51/h6-11,17-20,22,30H,4-5,12-16,21H2,1-3H3,(H,43,51)(H,45,46)(H,47,53). The maximum absolute atomic E-state index is 13.6. The highest BCUT2D eigenvalue weighted by molar-refractivity contribution is 6.34. The average Bonchev–Trinajstić information content (AvgIpc) is 3.85. The predicted octanol–water partition coefficient (Wildman–Crippen LogP) is 6.05. The van der Waals surface area contributed by atoms with Crippen molar-refractivity contribution in [3.05, 3.63) is 77.3 Å². The normalized spacial score (nSPS) is 16.2. The Morgan fingerprint density at radius 3 is 2.31 bits per heavy atom. The van der Waals surface area contributed by atoms with Crippen LogP contribution in [0.15, 0.2) is 60.9 Å². The van der Waals surface area contributed by atoms with Gasteiger partial charge in [0, 0.05) is 56.0 Å². The van der Waals surface area contributed by atoms with Crippen LogP contribution in [-0.2, 0) is 14.4 Å². The second kappa shape index (κ2) is 16.0. The van der Waals surface area contributed by atoms with Crippen LogP contribution in [0.25, 0.3) is 22.4 Å². The van der Waals surface area contributed by atoms with Crippen molar-refractivity contribution < 1.29 is 37.1 Å². The van der Waals surface area contributed by atoms with Gasteiger partial charge in [-0.15, -0.1) is 13.2 Å². The van der Waals surface area contributed by atoms with E-state index in [0.717, 1.165) is 12.5 Å². The van der Waals surface area contributed by atoms with E-state index in [9.17, 15) is 32.3 Å². The number of aromatic nitrogens is 3. The lowest BCUT2D eigenvalue weighted by molar-refractivity contribution is -0.274. The van der Waals surface area contributed by atoms with Gasteiger partial charge in [0.05, 0.1) is 40.8 Å². The molecule has 4 aromatic rings. The molecule has 0 bridgehead atoms. The van der Waals surface area contributed by atoms with Crippen molar-refractivity contribution in [3.63, 3.8) is 0 Å². The van der Waals surface area contributed by atoms with Gasteiger partial charge in [-0.05, 0) is 42.2 Å². The number of nitrogens with one attached hydrogen (secondary N) is 3. The van der Waals surface area contributed by atoms with Crippen LogP contribution in [0.4, 0.5) is 24.7 Å². The molecule has 3 N–H and O–H groups in total. The van der Waals surface area contributed by atoms with E-state index < -0.39 is 23.4 Å². The van der Waals surface area contributed by atoms with Crippen molar-refractivity contribution in [1.29, 1.82) is 0 Å². The second-order valence-corrected chi connectivity index (χ2v) is 14.7. The number of carbonyl (C=O) groups is 4. The first-order valence-corrected chi connectivity index (χ1v) is 18.0. The van der Waals surface area contributed by atoms with Crippen LogP contribution in [-0.4, -0.2) is 94.5 Å². The molecule has 13 nitrogen and oxygen atoms in total. The number of pyridine rings is 1. The van der Waals surface area contributed by atoms with Gasteiger partial charge in [-0.2, -0.15) is 0 Å². The number of benzene rings is 2. The minimum Gasteiger partial charge on any atom is -0.405 e. The first-order valence-electron chi connectivity index (χ1n) is 17.6. The van der Waals surface area contributed by atoms with Crippen molar-refractivity contribution in [2.24, 2.45) is 5.41 Å². The Morgan fingerprint density at radius 2 is 1.67 bits per heavy atom. The summed E-state index contributed by atoms with van der Waals surface area (Å²) >= 11 is 6.53. The maximum Gasteiger partial charge on any atom is 0.573 e. The Labute approximate surface area is 320 Å². The molecule has 1 unspecified atom stereocenters. The SMILES string of the molecule is CC(C)(C)C(=O)N1CCN(c2ccc(C(=O)Nc3cc(OC(F)(F)F)c(-c4ccc(-c5cnc(C6CCCN6C(=O)CNC=O)[nH]5)cc4)cc3Cl)cn2)CC1.